The minimum atomic E-state index is -2.71. The molecule has 0 aliphatic heterocycles. The van der Waals surface area contributed by atoms with Crippen molar-refractivity contribution in [2.75, 3.05) is 0 Å². The Morgan fingerprint density at radius 2 is 2.00 bits per heavy atom. The summed E-state index contributed by atoms with van der Waals surface area (Å²) in [5.74, 6) is 0. The molecule has 0 amide bonds. The summed E-state index contributed by atoms with van der Waals surface area (Å²) in [7, 11) is 0. The molecule has 0 unspecified atom stereocenters. The van der Waals surface area contributed by atoms with Crippen LogP contribution in [0.5, 0.6) is 0 Å². The third kappa shape index (κ3) is 2.58. The summed E-state index contributed by atoms with van der Waals surface area (Å²) in [6.45, 7) is 4.62. The van der Waals surface area contributed by atoms with E-state index in [1.165, 1.54) is 25.7 Å². The molecule has 0 saturated heterocycles. The Hall–Kier alpha value is 0.0600. The summed E-state index contributed by atoms with van der Waals surface area (Å²) in [6, 6.07) is 0. The van der Waals surface area contributed by atoms with Gasteiger partial charge in [-0.05, 0) is 0 Å². The van der Waals surface area contributed by atoms with Crippen molar-refractivity contribution in [2.24, 2.45) is 0 Å². The molecule has 2 heteroatoms. The second-order valence-electron chi connectivity index (χ2n) is 6.41. The van der Waals surface area contributed by atoms with Gasteiger partial charge < -0.3 is 0 Å². The van der Waals surface area contributed by atoms with Gasteiger partial charge in [0.1, 0.15) is 0 Å². The van der Waals surface area contributed by atoms with Gasteiger partial charge >= 0.3 is 109 Å². The van der Waals surface area contributed by atoms with Crippen LogP contribution in [-0.2, 0) is 17.4 Å². The fraction of sp³-hybridized carbons (Fsp3) is 0.467. The van der Waals surface area contributed by atoms with Crippen molar-refractivity contribution in [2.45, 2.75) is 41.9 Å². The van der Waals surface area contributed by atoms with Crippen LogP contribution in [0, 0.1) is 0 Å². The Balaban J connectivity index is 2.29. The van der Waals surface area contributed by atoms with Crippen LogP contribution < -0.4 is 0 Å². The molecule has 0 aromatic heterocycles. The van der Waals surface area contributed by atoms with E-state index < -0.39 is 17.4 Å². The van der Waals surface area contributed by atoms with E-state index in [1.807, 2.05) is 0 Å². The third-order valence-electron chi connectivity index (χ3n) is 4.31. The van der Waals surface area contributed by atoms with E-state index in [9.17, 15) is 0 Å². The van der Waals surface area contributed by atoms with Gasteiger partial charge in [-0.2, -0.15) is 0 Å². The SMILES string of the molecule is CCCC1=CC[C]([Zr]([CH3])([CH3])(=[SiH2])[C]2=CC=CC2)=C1. The van der Waals surface area contributed by atoms with E-state index in [4.69, 9.17) is 0 Å². The van der Waals surface area contributed by atoms with Gasteiger partial charge in [0.15, 0.2) is 0 Å². The van der Waals surface area contributed by atoms with Crippen LogP contribution in [0.2, 0.25) is 9.26 Å². The normalized spacial score (nSPS) is 20.4. The molecule has 0 fully saturated rings. The summed E-state index contributed by atoms with van der Waals surface area (Å²) in [5.41, 5.74) is 1.59. The first-order valence-corrected chi connectivity index (χ1v) is 20.1. The zero-order valence-electron chi connectivity index (χ0n) is 11.4. The summed E-state index contributed by atoms with van der Waals surface area (Å²) in [5, 5.41) is 0. The molecule has 92 valence electrons. The molecule has 0 N–H and O–H groups in total. The van der Waals surface area contributed by atoms with E-state index in [-0.39, 0.29) is 0 Å². The van der Waals surface area contributed by atoms with Gasteiger partial charge in [0, 0.05) is 0 Å². The van der Waals surface area contributed by atoms with Crippen molar-refractivity contribution < 1.29 is 17.4 Å². The summed E-state index contributed by atoms with van der Waals surface area (Å²) >= 11 is -2.71. The van der Waals surface area contributed by atoms with Gasteiger partial charge in [-0.15, -0.1) is 0 Å². The van der Waals surface area contributed by atoms with Crippen LogP contribution in [0.15, 0.2) is 42.5 Å². The summed E-state index contributed by atoms with van der Waals surface area (Å²) < 4.78 is 8.77. The maximum absolute atomic E-state index is 2.71. The predicted molar refractivity (Wildman–Crippen MR) is 77.8 cm³/mol. The second-order valence-corrected chi connectivity index (χ2v) is 35.3. The molecule has 0 bridgehead atoms. The van der Waals surface area contributed by atoms with Crippen molar-refractivity contribution in [3.8, 4) is 0 Å². The summed E-state index contributed by atoms with van der Waals surface area (Å²) in [6.07, 6.45) is 16.9. The van der Waals surface area contributed by atoms with E-state index in [2.05, 4.69) is 53.4 Å². The van der Waals surface area contributed by atoms with E-state index in [0.29, 0.717) is 0 Å². The number of hydrogen-bond donors (Lipinski definition) is 0. The molecule has 0 atom stereocenters. The Kier molecular flexibility index (Phi) is 3.67. The summed E-state index contributed by atoms with van der Waals surface area (Å²) in [4.78, 5) is 0. The van der Waals surface area contributed by atoms with Gasteiger partial charge in [-0.3, -0.25) is 0 Å². The van der Waals surface area contributed by atoms with Crippen LogP contribution in [0.4, 0.5) is 0 Å². The molecule has 2 rings (SSSR count). The van der Waals surface area contributed by atoms with Crippen molar-refractivity contribution in [3.63, 3.8) is 0 Å². The first kappa shape index (κ1) is 13.5. The quantitative estimate of drug-likeness (QED) is 0.681. The monoisotopic (exact) mass is 322 g/mol. The van der Waals surface area contributed by atoms with Crippen molar-refractivity contribution in [1.29, 1.82) is 0 Å². The van der Waals surface area contributed by atoms with Crippen molar-refractivity contribution in [1.82, 2.24) is 0 Å². The molecular formula is C15H24SiZr. The predicted octanol–water partition coefficient (Wildman–Crippen LogP) is 4.18. The first-order valence-electron chi connectivity index (χ1n) is 6.76. The van der Waals surface area contributed by atoms with E-state index in [0.717, 1.165) is 0 Å². The molecule has 2 aliphatic carbocycles. The van der Waals surface area contributed by atoms with E-state index >= 15 is 0 Å². The number of rotatable bonds is 4. The van der Waals surface area contributed by atoms with Gasteiger partial charge in [-0.1, -0.05) is 0 Å². The number of hydrogen-bond acceptors (Lipinski definition) is 0. The van der Waals surface area contributed by atoms with Gasteiger partial charge in [0.05, 0.1) is 0 Å². The second kappa shape index (κ2) is 4.63. The van der Waals surface area contributed by atoms with Crippen LogP contribution in [0.1, 0.15) is 32.6 Å². The van der Waals surface area contributed by atoms with Gasteiger partial charge in [-0.25, -0.2) is 0 Å². The zero-order valence-corrected chi connectivity index (χ0v) is 15.3. The van der Waals surface area contributed by atoms with Gasteiger partial charge in [0.2, 0.25) is 0 Å². The standard InChI is InChI=1S/C8H11.C5H5.2CH3.H2Si.Zr/c1-2-5-8-6-3-4-7-8;1-2-4-5-3-1;;;;/h6-7H,2-3,5H2,1H3;1-3H,4H2;2*1H3;1H2;. The molecule has 0 aromatic rings. The third-order valence-corrected chi connectivity index (χ3v) is 21.6. The Bertz CT molecular complexity index is 509. The maximum atomic E-state index is 2.60. The topological polar surface area (TPSA) is 0 Å². The number of allylic oxidation sites excluding steroid dienone is 8. The van der Waals surface area contributed by atoms with Crippen LogP contribution in [-0.4, -0.2) is 6.88 Å². The average molecular weight is 324 g/mol. The molecule has 0 radical (unpaired) electrons. The Morgan fingerprint density at radius 3 is 2.59 bits per heavy atom. The van der Waals surface area contributed by atoms with Crippen LogP contribution >= 0.6 is 0 Å². The van der Waals surface area contributed by atoms with Gasteiger partial charge in [0.25, 0.3) is 0 Å². The molecule has 2 aliphatic rings. The molecule has 0 spiro atoms. The Labute approximate surface area is 108 Å². The molecule has 0 aromatic carbocycles. The molecule has 17 heavy (non-hydrogen) atoms. The average Bonchev–Trinajstić information content (AvgIpc) is 2.88. The molecule has 0 saturated carbocycles. The van der Waals surface area contributed by atoms with Crippen molar-refractivity contribution >= 4 is 6.88 Å². The van der Waals surface area contributed by atoms with Crippen molar-refractivity contribution in [3.05, 3.63) is 42.5 Å². The van der Waals surface area contributed by atoms with Crippen LogP contribution in [0.3, 0.4) is 0 Å². The fourth-order valence-corrected chi connectivity index (χ4v) is 13.8. The Morgan fingerprint density at radius 1 is 1.24 bits per heavy atom. The minimum absolute atomic E-state index is 1.21. The zero-order chi connectivity index (χ0) is 12.5. The van der Waals surface area contributed by atoms with E-state index in [1.54, 1.807) is 12.1 Å². The molecule has 0 heterocycles. The first-order chi connectivity index (χ1) is 7.92. The fourth-order valence-electron chi connectivity index (χ4n) is 2.85. The van der Waals surface area contributed by atoms with Crippen LogP contribution in [0.25, 0.3) is 0 Å². The molecule has 0 nitrogen and oxygen atoms in total. The molecular weight excluding hydrogens is 299 g/mol.